The van der Waals surface area contributed by atoms with Gasteiger partial charge >= 0.3 is 5.97 Å². The zero-order chi connectivity index (χ0) is 20.3. The fourth-order valence-electron chi connectivity index (χ4n) is 2.65. The molecule has 0 aliphatic heterocycles. The second-order valence-corrected chi connectivity index (χ2v) is 7.63. The van der Waals surface area contributed by atoms with Crippen LogP contribution in [0.2, 0.25) is 0 Å². The molecular weight excluding hydrogens is 450 g/mol. The van der Waals surface area contributed by atoms with Crippen molar-refractivity contribution in [3.63, 3.8) is 0 Å². The minimum atomic E-state index is -1.21. The first-order valence-corrected chi connectivity index (χ1v) is 9.86. The second kappa shape index (κ2) is 8.63. The number of rotatable bonds is 7. The molecule has 1 aromatic carbocycles. The molecule has 0 atom stereocenters. The van der Waals surface area contributed by atoms with Crippen LogP contribution >= 0.6 is 27.3 Å². The molecule has 0 bridgehead atoms. The van der Waals surface area contributed by atoms with Gasteiger partial charge in [-0.1, -0.05) is 15.9 Å². The van der Waals surface area contributed by atoms with Crippen LogP contribution in [-0.2, 0) is 22.5 Å². The number of carboxylic acids is 1. The van der Waals surface area contributed by atoms with Gasteiger partial charge in [-0.2, -0.15) is 0 Å². The molecule has 28 heavy (non-hydrogen) atoms. The lowest BCUT2D eigenvalue weighted by Crippen LogP contribution is -2.32. The third-order valence-corrected chi connectivity index (χ3v) is 5.36. The van der Waals surface area contributed by atoms with Crippen molar-refractivity contribution in [3.05, 3.63) is 55.9 Å². The van der Waals surface area contributed by atoms with Gasteiger partial charge in [-0.15, -0.1) is 11.3 Å². The molecular formula is C18H16BrN3O5S. The van der Waals surface area contributed by atoms with E-state index >= 15 is 0 Å². The summed E-state index contributed by atoms with van der Waals surface area (Å²) in [7, 11) is 1.52. The molecule has 3 rings (SSSR count). The van der Waals surface area contributed by atoms with E-state index in [0.717, 1.165) is 15.8 Å². The molecule has 0 spiro atoms. The Balaban J connectivity index is 1.98. The highest BCUT2D eigenvalue weighted by Crippen LogP contribution is 2.22. The highest BCUT2D eigenvalue weighted by atomic mass is 79.9. The summed E-state index contributed by atoms with van der Waals surface area (Å²) >= 11 is 4.41. The molecule has 0 aliphatic carbocycles. The summed E-state index contributed by atoms with van der Waals surface area (Å²) in [5.41, 5.74) is -0.0888. The average Bonchev–Trinajstić information content (AvgIpc) is 3.09. The Bertz CT molecular complexity index is 1090. The van der Waals surface area contributed by atoms with Crippen molar-refractivity contribution < 1.29 is 19.4 Å². The molecule has 0 aliphatic rings. The maximum absolute atomic E-state index is 13.0. The topological polar surface area (TPSA) is 111 Å². The van der Waals surface area contributed by atoms with E-state index in [4.69, 9.17) is 4.74 Å². The van der Waals surface area contributed by atoms with Crippen molar-refractivity contribution >= 4 is 55.0 Å². The fourth-order valence-corrected chi connectivity index (χ4v) is 3.83. The van der Waals surface area contributed by atoms with Crippen LogP contribution in [0.15, 0.2) is 38.9 Å². The van der Waals surface area contributed by atoms with Crippen molar-refractivity contribution in [2.24, 2.45) is 0 Å². The van der Waals surface area contributed by atoms with Crippen LogP contribution in [0.3, 0.4) is 0 Å². The number of anilines is 1. The summed E-state index contributed by atoms with van der Waals surface area (Å²) in [4.78, 5) is 41.6. The summed E-state index contributed by atoms with van der Waals surface area (Å²) in [5.74, 6) is -1.26. The summed E-state index contributed by atoms with van der Waals surface area (Å²) in [6.45, 7) is 0.0230. The fraction of sp³-hybridized carbons (Fsp3) is 0.222. The predicted octanol–water partition coefficient (Wildman–Crippen LogP) is 2.75. The largest absolute Gasteiger partial charge is 0.478 e. The number of fused-ring (bicyclic) bond motifs is 1. The van der Waals surface area contributed by atoms with Crippen molar-refractivity contribution in [2.45, 2.75) is 13.0 Å². The van der Waals surface area contributed by atoms with Gasteiger partial charge < -0.3 is 15.2 Å². The standard InChI is InChI=1S/C18H16BrN3O5S/c1-27-7-6-13-21-16-15(12(9-28-16)18(25)26)17(24)22(13)8-14(23)20-11-4-2-10(19)3-5-11/h2-5,9H,6-8H2,1H3,(H,20,23)(H,25,26). The molecule has 2 heterocycles. The number of benzene rings is 1. The minimum Gasteiger partial charge on any atom is -0.478 e. The molecule has 2 aromatic heterocycles. The van der Waals surface area contributed by atoms with Gasteiger partial charge in [0.2, 0.25) is 5.91 Å². The molecule has 0 fully saturated rings. The van der Waals surface area contributed by atoms with Crippen molar-refractivity contribution in [3.8, 4) is 0 Å². The minimum absolute atomic E-state index is 0.00936. The second-order valence-electron chi connectivity index (χ2n) is 5.85. The third-order valence-electron chi connectivity index (χ3n) is 3.96. The molecule has 2 N–H and O–H groups in total. The molecule has 0 unspecified atom stereocenters. The quantitative estimate of drug-likeness (QED) is 0.554. The maximum Gasteiger partial charge on any atom is 0.337 e. The molecule has 1 amide bonds. The lowest BCUT2D eigenvalue weighted by molar-refractivity contribution is -0.116. The van der Waals surface area contributed by atoms with Crippen LogP contribution in [0.25, 0.3) is 10.2 Å². The summed E-state index contributed by atoms with van der Waals surface area (Å²) in [5, 5.41) is 13.4. The van der Waals surface area contributed by atoms with E-state index in [9.17, 15) is 19.5 Å². The number of aromatic nitrogens is 2. The number of ether oxygens (including phenoxy) is 1. The van der Waals surface area contributed by atoms with Gasteiger partial charge in [-0.3, -0.25) is 14.2 Å². The average molecular weight is 466 g/mol. The van der Waals surface area contributed by atoms with Crippen LogP contribution in [0.4, 0.5) is 5.69 Å². The Morgan fingerprint density at radius 2 is 2.04 bits per heavy atom. The first kappa shape index (κ1) is 20.2. The molecule has 0 radical (unpaired) electrons. The number of carbonyl (C=O) groups excluding carboxylic acids is 1. The zero-order valence-electron chi connectivity index (χ0n) is 14.8. The Morgan fingerprint density at radius 1 is 1.32 bits per heavy atom. The van der Waals surface area contributed by atoms with Crippen molar-refractivity contribution in [2.75, 3.05) is 19.0 Å². The van der Waals surface area contributed by atoms with Crippen molar-refractivity contribution in [1.82, 2.24) is 9.55 Å². The van der Waals surface area contributed by atoms with Gasteiger partial charge in [0.1, 0.15) is 17.2 Å². The van der Waals surface area contributed by atoms with Gasteiger partial charge in [0.25, 0.3) is 5.56 Å². The number of carbonyl (C=O) groups is 2. The summed E-state index contributed by atoms with van der Waals surface area (Å²) in [6, 6.07) is 7.01. The van der Waals surface area contributed by atoms with Crippen LogP contribution in [0.5, 0.6) is 0 Å². The van der Waals surface area contributed by atoms with Crippen LogP contribution < -0.4 is 10.9 Å². The molecule has 8 nitrogen and oxygen atoms in total. The maximum atomic E-state index is 13.0. The lowest BCUT2D eigenvalue weighted by atomic mass is 10.2. The smallest absolute Gasteiger partial charge is 0.337 e. The normalized spacial score (nSPS) is 10.9. The summed E-state index contributed by atoms with van der Waals surface area (Å²) < 4.78 is 7.13. The number of hydrogen-bond acceptors (Lipinski definition) is 6. The number of nitrogens with zero attached hydrogens (tertiary/aromatic N) is 2. The Kier molecular flexibility index (Phi) is 6.22. The number of amides is 1. The van der Waals surface area contributed by atoms with E-state index in [1.807, 2.05) is 0 Å². The number of halogens is 1. The van der Waals surface area contributed by atoms with Crippen LogP contribution in [0, 0.1) is 0 Å². The van der Waals surface area contributed by atoms with E-state index in [1.165, 1.54) is 17.1 Å². The van der Waals surface area contributed by atoms with E-state index in [1.54, 1.807) is 24.3 Å². The summed E-state index contributed by atoms with van der Waals surface area (Å²) in [6.07, 6.45) is 0.313. The van der Waals surface area contributed by atoms with Crippen LogP contribution in [0.1, 0.15) is 16.2 Å². The SMILES string of the molecule is COCCc1nc2scc(C(=O)O)c2c(=O)n1CC(=O)Nc1ccc(Br)cc1. The number of aromatic carboxylic acids is 1. The highest BCUT2D eigenvalue weighted by molar-refractivity contribution is 9.10. The number of carboxylic acid groups (broad SMARTS) is 1. The number of methoxy groups -OCH3 is 1. The van der Waals surface area contributed by atoms with Gasteiger partial charge in [0, 0.05) is 29.1 Å². The lowest BCUT2D eigenvalue weighted by Gasteiger charge is -2.13. The van der Waals surface area contributed by atoms with Crippen molar-refractivity contribution in [1.29, 1.82) is 0 Å². The Labute approximate surface area is 171 Å². The van der Waals surface area contributed by atoms with Crippen LogP contribution in [-0.4, -0.2) is 40.3 Å². The zero-order valence-corrected chi connectivity index (χ0v) is 17.2. The van der Waals surface area contributed by atoms with E-state index in [2.05, 4.69) is 26.2 Å². The van der Waals surface area contributed by atoms with E-state index in [0.29, 0.717) is 29.4 Å². The van der Waals surface area contributed by atoms with Gasteiger partial charge in [0.15, 0.2) is 0 Å². The number of hydrogen-bond donors (Lipinski definition) is 2. The van der Waals surface area contributed by atoms with Gasteiger partial charge in [-0.05, 0) is 24.3 Å². The highest BCUT2D eigenvalue weighted by Gasteiger charge is 2.20. The third kappa shape index (κ3) is 4.29. The predicted molar refractivity (Wildman–Crippen MR) is 109 cm³/mol. The van der Waals surface area contributed by atoms with Gasteiger partial charge in [-0.25, -0.2) is 9.78 Å². The van der Waals surface area contributed by atoms with Gasteiger partial charge in [0.05, 0.1) is 17.6 Å². The van der Waals surface area contributed by atoms with E-state index < -0.39 is 17.4 Å². The first-order chi connectivity index (χ1) is 13.4. The molecule has 0 saturated carbocycles. The van der Waals surface area contributed by atoms with E-state index in [-0.39, 0.29) is 17.5 Å². The number of thiophene rings is 1. The monoisotopic (exact) mass is 465 g/mol. The Hall–Kier alpha value is -2.56. The molecule has 0 saturated heterocycles. The first-order valence-electron chi connectivity index (χ1n) is 8.19. The molecule has 3 aromatic rings. The molecule has 146 valence electrons. The molecule has 10 heteroatoms. The Morgan fingerprint density at radius 3 is 2.68 bits per heavy atom. The number of nitrogens with one attached hydrogen (secondary N) is 1.